The van der Waals surface area contributed by atoms with Gasteiger partial charge in [0, 0.05) is 43.8 Å². The Hall–Kier alpha value is -2.40. The van der Waals surface area contributed by atoms with E-state index in [4.69, 9.17) is 4.79 Å². The minimum absolute atomic E-state index is 0.148. The SMILES string of the molecule is CC1CN(C2CCc3cc(C4CN(c5cccc(F)c5)C4)ccc32)C1.COC=O. The standard InChI is InChI=1S/C22H25FN2.C2H4O2/c1-15-11-25(12-15)22-8-6-17-9-16(5-7-21(17)22)18-13-24(14-18)20-4-2-3-19(23)10-20;1-4-2-3/h2-5,7,9-10,15,18,22H,6,8,11-14H2,1H3;2H,1H3. The summed E-state index contributed by atoms with van der Waals surface area (Å²) in [5, 5.41) is 0. The monoisotopic (exact) mass is 396 g/mol. The molecule has 4 nitrogen and oxygen atoms in total. The summed E-state index contributed by atoms with van der Waals surface area (Å²) in [6, 6.07) is 14.8. The third-order valence-electron chi connectivity index (χ3n) is 6.37. The van der Waals surface area contributed by atoms with Crippen molar-refractivity contribution in [1.29, 1.82) is 0 Å². The van der Waals surface area contributed by atoms with E-state index in [1.807, 2.05) is 6.07 Å². The fraction of sp³-hybridized carbons (Fsp3) is 0.458. The number of ether oxygens (including phenoxy) is 1. The lowest BCUT2D eigenvalue weighted by Crippen LogP contribution is -2.46. The highest BCUT2D eigenvalue weighted by Crippen LogP contribution is 2.41. The van der Waals surface area contributed by atoms with Gasteiger partial charge >= 0.3 is 0 Å². The van der Waals surface area contributed by atoms with Crippen molar-refractivity contribution in [2.45, 2.75) is 31.7 Å². The zero-order valence-electron chi connectivity index (χ0n) is 17.2. The highest BCUT2D eigenvalue weighted by Gasteiger charge is 2.35. The van der Waals surface area contributed by atoms with Gasteiger partial charge in [-0.15, -0.1) is 0 Å². The van der Waals surface area contributed by atoms with Crippen LogP contribution in [-0.4, -0.2) is 44.7 Å². The lowest BCUT2D eigenvalue weighted by atomic mass is 9.88. The number of likely N-dealkylation sites (tertiary alicyclic amines) is 1. The number of halogens is 1. The van der Waals surface area contributed by atoms with Crippen LogP contribution in [0.4, 0.5) is 10.1 Å². The molecule has 2 aromatic rings. The summed E-state index contributed by atoms with van der Waals surface area (Å²) < 4.78 is 17.2. The van der Waals surface area contributed by atoms with E-state index in [2.05, 4.69) is 39.7 Å². The number of benzene rings is 2. The van der Waals surface area contributed by atoms with Gasteiger partial charge in [-0.05, 0) is 53.6 Å². The summed E-state index contributed by atoms with van der Waals surface area (Å²) in [7, 11) is 1.31. The summed E-state index contributed by atoms with van der Waals surface area (Å²) in [6.45, 7) is 7.23. The molecule has 29 heavy (non-hydrogen) atoms. The molecule has 0 aromatic heterocycles. The average Bonchev–Trinajstić information content (AvgIpc) is 3.07. The molecule has 5 rings (SSSR count). The largest absolute Gasteiger partial charge is 0.471 e. The van der Waals surface area contributed by atoms with Gasteiger partial charge in [0.1, 0.15) is 5.82 Å². The minimum Gasteiger partial charge on any atom is -0.471 e. The lowest BCUT2D eigenvalue weighted by molar-refractivity contribution is -0.126. The summed E-state index contributed by atoms with van der Waals surface area (Å²) in [5.74, 6) is 1.30. The fourth-order valence-electron chi connectivity index (χ4n) is 4.82. The van der Waals surface area contributed by atoms with E-state index < -0.39 is 0 Å². The van der Waals surface area contributed by atoms with Crippen molar-refractivity contribution in [1.82, 2.24) is 4.90 Å². The Morgan fingerprint density at radius 1 is 1.10 bits per heavy atom. The molecule has 0 amide bonds. The second-order valence-corrected chi connectivity index (χ2v) is 8.49. The summed E-state index contributed by atoms with van der Waals surface area (Å²) in [6.07, 6.45) is 2.50. The molecule has 1 atom stereocenters. The molecule has 3 aliphatic rings. The predicted octanol–water partition coefficient (Wildman–Crippen LogP) is 4.16. The number of aryl methyl sites for hydroxylation is 1. The number of carbonyl (C=O) groups is 1. The predicted molar refractivity (Wildman–Crippen MR) is 113 cm³/mol. The molecule has 0 bridgehead atoms. The van der Waals surface area contributed by atoms with Crippen molar-refractivity contribution in [2.24, 2.45) is 5.92 Å². The zero-order valence-corrected chi connectivity index (χ0v) is 17.2. The van der Waals surface area contributed by atoms with Gasteiger partial charge in [0.2, 0.25) is 0 Å². The van der Waals surface area contributed by atoms with Crippen LogP contribution in [0.15, 0.2) is 42.5 Å². The van der Waals surface area contributed by atoms with Crippen LogP contribution < -0.4 is 4.90 Å². The molecule has 2 aliphatic heterocycles. The Morgan fingerprint density at radius 3 is 2.52 bits per heavy atom. The van der Waals surface area contributed by atoms with E-state index in [0.29, 0.717) is 18.4 Å². The second kappa shape index (κ2) is 8.54. The van der Waals surface area contributed by atoms with Crippen LogP contribution in [-0.2, 0) is 16.0 Å². The third kappa shape index (κ3) is 4.15. The van der Waals surface area contributed by atoms with Crippen molar-refractivity contribution in [3.05, 3.63) is 65.0 Å². The Bertz CT molecular complexity index is 860. The zero-order chi connectivity index (χ0) is 20.4. The maximum atomic E-state index is 13.4. The number of hydrogen-bond donors (Lipinski definition) is 0. The minimum atomic E-state index is -0.148. The fourth-order valence-corrected chi connectivity index (χ4v) is 4.82. The third-order valence-corrected chi connectivity index (χ3v) is 6.37. The average molecular weight is 397 g/mol. The Kier molecular flexibility index (Phi) is 5.86. The lowest BCUT2D eigenvalue weighted by Gasteiger charge is -2.42. The molecular formula is C24H29FN2O2. The normalized spacial score (nSPS) is 21.5. The van der Waals surface area contributed by atoms with Gasteiger partial charge < -0.3 is 9.64 Å². The molecule has 0 spiro atoms. The van der Waals surface area contributed by atoms with Crippen LogP contribution in [0.25, 0.3) is 0 Å². The smallest absolute Gasteiger partial charge is 0.292 e. The molecule has 2 fully saturated rings. The molecule has 5 heteroatoms. The molecule has 0 N–H and O–H groups in total. The molecule has 2 heterocycles. The second-order valence-electron chi connectivity index (χ2n) is 8.49. The number of methoxy groups -OCH3 is 1. The molecule has 154 valence electrons. The Morgan fingerprint density at radius 2 is 1.86 bits per heavy atom. The van der Waals surface area contributed by atoms with E-state index in [9.17, 15) is 4.39 Å². The first kappa shape index (κ1) is 19.9. The molecule has 1 aliphatic carbocycles. The van der Waals surface area contributed by atoms with Gasteiger partial charge in [-0.2, -0.15) is 0 Å². The number of fused-ring (bicyclic) bond motifs is 1. The summed E-state index contributed by atoms with van der Waals surface area (Å²) in [5.41, 5.74) is 5.59. The van der Waals surface area contributed by atoms with Crippen LogP contribution in [0.5, 0.6) is 0 Å². The van der Waals surface area contributed by atoms with Gasteiger partial charge in [0.05, 0.1) is 7.11 Å². The number of hydrogen-bond acceptors (Lipinski definition) is 4. The first-order chi connectivity index (χ1) is 14.1. The van der Waals surface area contributed by atoms with Gasteiger partial charge in [0.15, 0.2) is 0 Å². The van der Waals surface area contributed by atoms with Gasteiger partial charge in [-0.1, -0.05) is 31.2 Å². The highest BCUT2D eigenvalue weighted by atomic mass is 19.1. The number of rotatable bonds is 4. The molecule has 0 saturated carbocycles. The van der Waals surface area contributed by atoms with E-state index in [1.165, 1.54) is 44.7 Å². The van der Waals surface area contributed by atoms with E-state index >= 15 is 0 Å². The van der Waals surface area contributed by atoms with Gasteiger partial charge in [-0.25, -0.2) is 4.39 Å². The summed E-state index contributed by atoms with van der Waals surface area (Å²) in [4.78, 5) is 13.9. The van der Waals surface area contributed by atoms with Crippen molar-refractivity contribution in [3.63, 3.8) is 0 Å². The van der Waals surface area contributed by atoms with Crippen LogP contribution >= 0.6 is 0 Å². The highest BCUT2D eigenvalue weighted by molar-refractivity contribution is 5.52. The van der Waals surface area contributed by atoms with Crippen molar-refractivity contribution in [2.75, 3.05) is 38.2 Å². The van der Waals surface area contributed by atoms with E-state index in [1.54, 1.807) is 23.3 Å². The van der Waals surface area contributed by atoms with Crippen LogP contribution in [0.2, 0.25) is 0 Å². The van der Waals surface area contributed by atoms with Crippen LogP contribution in [0, 0.1) is 11.7 Å². The quantitative estimate of drug-likeness (QED) is 0.727. The topological polar surface area (TPSA) is 32.8 Å². The molecular weight excluding hydrogens is 367 g/mol. The molecule has 2 saturated heterocycles. The van der Waals surface area contributed by atoms with Crippen LogP contribution in [0.1, 0.15) is 42.0 Å². The molecule has 2 aromatic carbocycles. The van der Waals surface area contributed by atoms with Crippen molar-refractivity contribution >= 4 is 12.2 Å². The Labute approximate surface area is 172 Å². The first-order valence-corrected chi connectivity index (χ1v) is 10.4. The van der Waals surface area contributed by atoms with E-state index in [-0.39, 0.29) is 5.82 Å². The molecule has 1 unspecified atom stereocenters. The summed E-state index contributed by atoms with van der Waals surface area (Å²) >= 11 is 0. The first-order valence-electron chi connectivity index (χ1n) is 10.4. The van der Waals surface area contributed by atoms with Crippen LogP contribution in [0.3, 0.4) is 0 Å². The number of nitrogens with zero attached hydrogens (tertiary/aromatic N) is 2. The van der Waals surface area contributed by atoms with Crippen molar-refractivity contribution < 1.29 is 13.9 Å². The number of anilines is 1. The maximum Gasteiger partial charge on any atom is 0.292 e. The Balaban J connectivity index is 0.000000472. The van der Waals surface area contributed by atoms with Crippen molar-refractivity contribution in [3.8, 4) is 0 Å². The maximum absolute atomic E-state index is 13.4. The molecule has 0 radical (unpaired) electrons. The van der Waals surface area contributed by atoms with Gasteiger partial charge in [-0.3, -0.25) is 9.69 Å². The van der Waals surface area contributed by atoms with Gasteiger partial charge in [0.25, 0.3) is 6.47 Å². The number of carbonyl (C=O) groups excluding carboxylic acids is 1. The van der Waals surface area contributed by atoms with E-state index in [0.717, 1.165) is 24.7 Å².